The minimum Gasteiger partial charge on any atom is -0.491 e. The molecule has 1 unspecified atom stereocenters. The maximum Gasteiger partial charge on any atom is 0.373 e. The molecule has 0 aromatic heterocycles. The third kappa shape index (κ3) is 6.94. The van der Waals surface area contributed by atoms with Crippen LogP contribution in [0.1, 0.15) is 63.7 Å². The molecular formula is C18H27O4. The molecule has 0 heterocycles. The summed E-state index contributed by atoms with van der Waals surface area (Å²) in [4.78, 5) is 21.7. The van der Waals surface area contributed by atoms with Gasteiger partial charge in [0.1, 0.15) is 12.4 Å². The van der Waals surface area contributed by atoms with Gasteiger partial charge in [0.25, 0.3) is 0 Å². The highest BCUT2D eigenvalue weighted by molar-refractivity contribution is 5.89. The van der Waals surface area contributed by atoms with Gasteiger partial charge >= 0.3 is 5.97 Å². The molecule has 4 nitrogen and oxygen atoms in total. The van der Waals surface area contributed by atoms with Crippen molar-refractivity contribution in [2.24, 2.45) is 5.92 Å². The normalized spacial score (nSPS) is 12.2. The summed E-state index contributed by atoms with van der Waals surface area (Å²) in [6.45, 7) is 9.77. The van der Waals surface area contributed by atoms with Crippen molar-refractivity contribution in [2.45, 2.75) is 59.5 Å². The zero-order valence-corrected chi connectivity index (χ0v) is 14.0. The van der Waals surface area contributed by atoms with Gasteiger partial charge in [0, 0.05) is 0 Å². The van der Waals surface area contributed by atoms with Crippen LogP contribution >= 0.6 is 0 Å². The van der Waals surface area contributed by atoms with Gasteiger partial charge in [-0.2, -0.15) is 4.89 Å². The maximum atomic E-state index is 11.9. The monoisotopic (exact) mass is 307 g/mol. The van der Waals surface area contributed by atoms with Gasteiger partial charge in [-0.25, -0.2) is 4.79 Å². The Hall–Kier alpha value is -1.55. The van der Waals surface area contributed by atoms with E-state index >= 15 is 0 Å². The van der Waals surface area contributed by atoms with E-state index in [4.69, 9.17) is 14.5 Å². The van der Waals surface area contributed by atoms with E-state index in [9.17, 15) is 4.79 Å². The Balaban J connectivity index is 2.38. The number of carbonyl (C=O) groups is 1. The number of ether oxygens (including phenoxy) is 1. The summed E-state index contributed by atoms with van der Waals surface area (Å²) in [6.07, 6.45) is 4.41. The first-order valence-corrected chi connectivity index (χ1v) is 8.04. The van der Waals surface area contributed by atoms with Crippen LogP contribution < -0.4 is 4.74 Å². The summed E-state index contributed by atoms with van der Waals surface area (Å²) in [7, 11) is 0. The Morgan fingerprint density at radius 1 is 1.18 bits per heavy atom. The summed E-state index contributed by atoms with van der Waals surface area (Å²) in [5.74, 6) is 0.539. The number of hydrogen-bond acceptors (Lipinski definition) is 4. The molecule has 0 aliphatic carbocycles. The van der Waals surface area contributed by atoms with Crippen molar-refractivity contribution in [1.29, 1.82) is 0 Å². The zero-order chi connectivity index (χ0) is 16.4. The maximum absolute atomic E-state index is 11.9. The summed E-state index contributed by atoms with van der Waals surface area (Å²) < 4.78 is 5.52. The molecule has 123 valence electrons. The number of hydrogen-bond donors (Lipinski definition) is 0. The Morgan fingerprint density at radius 2 is 1.86 bits per heavy atom. The largest absolute Gasteiger partial charge is 0.491 e. The molecule has 1 rings (SSSR count). The first-order chi connectivity index (χ1) is 10.6. The van der Waals surface area contributed by atoms with Crippen molar-refractivity contribution in [1.82, 2.24) is 0 Å². The molecular weight excluding hydrogens is 280 g/mol. The number of rotatable bonds is 10. The molecule has 1 radical (unpaired) electrons. The smallest absolute Gasteiger partial charge is 0.373 e. The van der Waals surface area contributed by atoms with Crippen LogP contribution in [-0.4, -0.2) is 12.1 Å². The second kappa shape index (κ2) is 10.2. The number of carbonyl (C=O) groups excluding carboxylic acids is 1. The van der Waals surface area contributed by atoms with Gasteiger partial charge in [0.15, 0.2) is 0 Å². The molecule has 0 saturated carbocycles. The highest BCUT2D eigenvalue weighted by atomic mass is 17.2. The molecule has 22 heavy (non-hydrogen) atoms. The van der Waals surface area contributed by atoms with E-state index in [0.717, 1.165) is 31.4 Å². The molecule has 1 atom stereocenters. The fraction of sp³-hybridized carbons (Fsp3) is 0.556. The van der Waals surface area contributed by atoms with Crippen LogP contribution in [0, 0.1) is 12.5 Å². The van der Waals surface area contributed by atoms with Crippen LogP contribution in [0.15, 0.2) is 24.3 Å². The minimum absolute atomic E-state index is 0.102. The zero-order valence-electron chi connectivity index (χ0n) is 14.0. The molecule has 0 N–H and O–H groups in total. The third-order valence-corrected chi connectivity index (χ3v) is 3.29. The summed E-state index contributed by atoms with van der Waals surface area (Å²) in [5, 5.41) is 0. The Morgan fingerprint density at radius 3 is 2.41 bits per heavy atom. The topological polar surface area (TPSA) is 44.8 Å². The first kappa shape index (κ1) is 18.5. The predicted octanol–water partition coefficient (Wildman–Crippen LogP) is 4.94. The lowest BCUT2D eigenvalue weighted by Gasteiger charge is -2.12. The molecule has 1 aromatic rings. The second-order valence-corrected chi connectivity index (χ2v) is 5.60. The summed E-state index contributed by atoms with van der Waals surface area (Å²) in [6, 6.07) is 6.82. The SMILES string of the molecule is CCCCC([CH]OOC(=O)c1ccc(OC(C)C)cc1)CC. The van der Waals surface area contributed by atoms with E-state index in [1.807, 2.05) is 13.8 Å². The predicted molar refractivity (Wildman–Crippen MR) is 86.3 cm³/mol. The van der Waals surface area contributed by atoms with Gasteiger partial charge in [0.2, 0.25) is 0 Å². The Labute approximate surface area is 133 Å². The lowest BCUT2D eigenvalue weighted by Crippen LogP contribution is -2.09. The molecule has 0 aliphatic heterocycles. The third-order valence-electron chi connectivity index (χ3n) is 3.29. The standard InChI is InChI=1S/C18H27O4/c1-5-7-8-15(6-2)13-20-22-18(19)16-9-11-17(12-10-16)21-14(3)4/h9-15H,5-8H2,1-4H3. The fourth-order valence-corrected chi connectivity index (χ4v) is 1.97. The van der Waals surface area contributed by atoms with Gasteiger partial charge < -0.3 is 4.74 Å². The van der Waals surface area contributed by atoms with Crippen LogP contribution in [-0.2, 0) is 9.78 Å². The summed E-state index contributed by atoms with van der Waals surface area (Å²) in [5.41, 5.74) is 0.436. The minimum atomic E-state index is -0.502. The van der Waals surface area contributed by atoms with Gasteiger partial charge in [-0.1, -0.05) is 33.1 Å². The number of benzene rings is 1. The van der Waals surface area contributed by atoms with E-state index in [1.165, 1.54) is 0 Å². The molecule has 0 aliphatic rings. The van der Waals surface area contributed by atoms with Crippen LogP contribution in [0.5, 0.6) is 5.75 Å². The first-order valence-electron chi connectivity index (χ1n) is 8.04. The van der Waals surface area contributed by atoms with Crippen molar-refractivity contribution in [2.75, 3.05) is 0 Å². The average molecular weight is 307 g/mol. The fourth-order valence-electron chi connectivity index (χ4n) is 1.97. The van der Waals surface area contributed by atoms with Crippen molar-refractivity contribution in [3.63, 3.8) is 0 Å². The average Bonchev–Trinajstić information content (AvgIpc) is 2.50. The highest BCUT2D eigenvalue weighted by Gasteiger charge is 2.12. The Bertz CT molecular complexity index is 425. The highest BCUT2D eigenvalue weighted by Crippen LogP contribution is 2.18. The lowest BCUT2D eigenvalue weighted by molar-refractivity contribution is -0.219. The van der Waals surface area contributed by atoms with E-state index in [1.54, 1.807) is 30.9 Å². The molecule has 0 amide bonds. The summed E-state index contributed by atoms with van der Waals surface area (Å²) >= 11 is 0. The van der Waals surface area contributed by atoms with Crippen LogP contribution in [0.3, 0.4) is 0 Å². The van der Waals surface area contributed by atoms with E-state index in [-0.39, 0.29) is 6.10 Å². The molecule has 0 spiro atoms. The van der Waals surface area contributed by atoms with Gasteiger partial charge in [-0.3, -0.25) is 4.89 Å². The second-order valence-electron chi connectivity index (χ2n) is 5.60. The quantitative estimate of drug-likeness (QED) is 0.453. The lowest BCUT2D eigenvalue weighted by atomic mass is 10.0. The van der Waals surface area contributed by atoms with Crippen molar-refractivity contribution >= 4 is 5.97 Å². The Kier molecular flexibility index (Phi) is 8.60. The molecule has 1 aromatic carbocycles. The van der Waals surface area contributed by atoms with Crippen LogP contribution in [0.4, 0.5) is 0 Å². The van der Waals surface area contributed by atoms with Gasteiger partial charge in [-0.15, -0.1) is 0 Å². The van der Waals surface area contributed by atoms with E-state index in [0.29, 0.717) is 11.5 Å². The number of unbranched alkanes of at least 4 members (excludes halogenated alkanes) is 1. The van der Waals surface area contributed by atoms with Crippen molar-refractivity contribution in [3.8, 4) is 5.75 Å². The molecule has 4 heteroatoms. The van der Waals surface area contributed by atoms with Crippen LogP contribution in [0.25, 0.3) is 0 Å². The van der Waals surface area contributed by atoms with Crippen LogP contribution in [0.2, 0.25) is 0 Å². The molecule has 0 bridgehead atoms. The van der Waals surface area contributed by atoms with E-state index < -0.39 is 5.97 Å². The molecule has 0 fully saturated rings. The van der Waals surface area contributed by atoms with Crippen molar-refractivity contribution < 1.29 is 19.3 Å². The van der Waals surface area contributed by atoms with Crippen molar-refractivity contribution in [3.05, 3.63) is 36.4 Å². The van der Waals surface area contributed by atoms with E-state index in [2.05, 4.69) is 13.8 Å². The van der Waals surface area contributed by atoms with Gasteiger partial charge in [0.05, 0.1) is 11.7 Å². The molecule has 0 saturated heterocycles. The van der Waals surface area contributed by atoms with Gasteiger partial charge in [-0.05, 0) is 50.5 Å².